The van der Waals surface area contributed by atoms with Gasteiger partial charge in [-0.1, -0.05) is 35.5 Å². The number of para-hydroxylation sites is 3. The molecular formula is C29H36N4O4. The summed E-state index contributed by atoms with van der Waals surface area (Å²) in [5.74, 6) is 3.33. The summed E-state index contributed by atoms with van der Waals surface area (Å²) in [6, 6.07) is 19.7. The molecular weight excluding hydrogens is 468 g/mol. The Morgan fingerprint density at radius 3 is 2.65 bits per heavy atom. The van der Waals surface area contributed by atoms with Gasteiger partial charge in [-0.05, 0) is 62.0 Å². The third-order valence-electron chi connectivity index (χ3n) is 7.46. The van der Waals surface area contributed by atoms with Crippen LogP contribution in [0.4, 0.5) is 5.69 Å². The Morgan fingerprint density at radius 2 is 1.84 bits per heavy atom. The van der Waals surface area contributed by atoms with Crippen LogP contribution in [0.3, 0.4) is 0 Å². The lowest BCUT2D eigenvalue weighted by atomic mass is 9.81. The first kappa shape index (κ1) is 25.1. The van der Waals surface area contributed by atoms with Gasteiger partial charge in [-0.25, -0.2) is 0 Å². The Balaban J connectivity index is 1.12. The molecule has 37 heavy (non-hydrogen) atoms. The Bertz CT molecular complexity index is 1140. The molecule has 1 N–H and O–H groups in total. The Morgan fingerprint density at radius 1 is 1.05 bits per heavy atom. The number of methoxy groups -OCH3 is 1. The number of hydrogen-bond acceptors (Lipinski definition) is 7. The van der Waals surface area contributed by atoms with Gasteiger partial charge in [-0.15, -0.1) is 0 Å². The Labute approximate surface area is 218 Å². The van der Waals surface area contributed by atoms with Crippen molar-refractivity contribution in [3.8, 4) is 11.5 Å². The number of carbonyl (C=O) groups is 1. The number of aromatic nitrogens is 1. The summed E-state index contributed by atoms with van der Waals surface area (Å²) in [6.45, 7) is 5.29. The molecule has 0 unspecified atom stereocenters. The molecule has 3 heterocycles. The molecule has 0 aliphatic carbocycles. The molecule has 2 aliphatic rings. The van der Waals surface area contributed by atoms with Gasteiger partial charge in [0.2, 0.25) is 5.91 Å². The zero-order valence-electron chi connectivity index (χ0n) is 21.5. The summed E-state index contributed by atoms with van der Waals surface area (Å²) in [5, 5.41) is 7.78. The fourth-order valence-corrected chi connectivity index (χ4v) is 5.39. The normalized spacial score (nSPS) is 20.0. The van der Waals surface area contributed by atoms with Gasteiger partial charge in [0.15, 0.2) is 5.76 Å². The van der Waals surface area contributed by atoms with Crippen molar-refractivity contribution in [2.45, 2.75) is 25.9 Å². The molecule has 0 spiro atoms. The summed E-state index contributed by atoms with van der Waals surface area (Å²) >= 11 is 0. The number of nitrogens with zero attached hydrogens (tertiary/aromatic N) is 3. The predicted octanol–water partition coefficient (Wildman–Crippen LogP) is 3.77. The molecule has 2 fully saturated rings. The molecule has 1 aromatic heterocycles. The van der Waals surface area contributed by atoms with Crippen molar-refractivity contribution in [3.63, 3.8) is 0 Å². The van der Waals surface area contributed by atoms with Crippen LogP contribution < -0.4 is 19.7 Å². The minimum Gasteiger partial charge on any atom is -0.495 e. The zero-order chi connectivity index (χ0) is 25.5. The second kappa shape index (κ2) is 12.1. The number of nitrogens with one attached hydrogen (secondary N) is 1. The molecule has 2 aliphatic heterocycles. The first-order valence-corrected chi connectivity index (χ1v) is 13.2. The van der Waals surface area contributed by atoms with E-state index in [9.17, 15) is 4.79 Å². The number of hydrogen-bond donors (Lipinski definition) is 1. The van der Waals surface area contributed by atoms with Gasteiger partial charge >= 0.3 is 0 Å². The number of rotatable bonds is 9. The quantitative estimate of drug-likeness (QED) is 0.475. The highest BCUT2D eigenvalue weighted by molar-refractivity contribution is 5.77. The van der Waals surface area contributed by atoms with Gasteiger partial charge < -0.3 is 29.1 Å². The van der Waals surface area contributed by atoms with Crippen LogP contribution in [0.25, 0.3) is 0 Å². The second-order valence-electron chi connectivity index (χ2n) is 9.85. The van der Waals surface area contributed by atoms with Crippen molar-refractivity contribution >= 4 is 11.6 Å². The van der Waals surface area contributed by atoms with E-state index in [1.807, 2.05) is 59.5 Å². The first-order chi connectivity index (χ1) is 18.2. The summed E-state index contributed by atoms with van der Waals surface area (Å²) in [6.07, 6.45) is 2.38. The standard InChI is InChI=1S/C29H36N4O4/c1-35-28-10-6-5-9-27(28)32-13-15-33(16-14-32)29(34)18-22-11-12-30-20-23(22)17-24-19-26(37-31-24)21-36-25-7-3-2-4-8-25/h2-10,19,22-23,30H,11-18,20-21H2,1H3/t22-,23+/m1/s1. The molecule has 8 nitrogen and oxygen atoms in total. The van der Waals surface area contributed by atoms with Crippen LogP contribution in [0.1, 0.15) is 24.3 Å². The number of piperidine rings is 1. The highest BCUT2D eigenvalue weighted by Gasteiger charge is 2.31. The third kappa shape index (κ3) is 6.43. The summed E-state index contributed by atoms with van der Waals surface area (Å²) in [4.78, 5) is 17.6. The maximum absolute atomic E-state index is 13.3. The topological polar surface area (TPSA) is 80.1 Å². The molecule has 1 amide bonds. The molecule has 0 radical (unpaired) electrons. The smallest absolute Gasteiger partial charge is 0.222 e. The van der Waals surface area contributed by atoms with Gasteiger partial charge in [0.05, 0.1) is 18.5 Å². The van der Waals surface area contributed by atoms with Gasteiger partial charge in [0.25, 0.3) is 0 Å². The number of piperazine rings is 1. The van der Waals surface area contributed by atoms with E-state index in [4.69, 9.17) is 14.0 Å². The molecule has 0 bridgehead atoms. The maximum Gasteiger partial charge on any atom is 0.222 e. The number of carbonyl (C=O) groups excluding carboxylic acids is 1. The van der Waals surface area contributed by atoms with Crippen LogP contribution in [0.5, 0.6) is 11.5 Å². The molecule has 0 saturated carbocycles. The van der Waals surface area contributed by atoms with E-state index in [2.05, 4.69) is 21.4 Å². The van der Waals surface area contributed by atoms with E-state index in [1.54, 1.807) is 7.11 Å². The minimum absolute atomic E-state index is 0.258. The average Bonchev–Trinajstić information content (AvgIpc) is 3.41. The largest absolute Gasteiger partial charge is 0.495 e. The van der Waals surface area contributed by atoms with Crippen LogP contribution in [0.15, 0.2) is 65.2 Å². The highest BCUT2D eigenvalue weighted by atomic mass is 16.5. The van der Waals surface area contributed by atoms with Crippen molar-refractivity contribution in [3.05, 3.63) is 72.1 Å². The number of anilines is 1. The molecule has 2 atom stereocenters. The van der Waals surface area contributed by atoms with Gasteiger partial charge in [0, 0.05) is 38.7 Å². The van der Waals surface area contributed by atoms with Crippen molar-refractivity contribution in [1.82, 2.24) is 15.4 Å². The summed E-state index contributed by atoms with van der Waals surface area (Å²) in [7, 11) is 1.70. The van der Waals surface area contributed by atoms with Crippen molar-refractivity contribution in [2.24, 2.45) is 11.8 Å². The Hall–Kier alpha value is -3.52. The van der Waals surface area contributed by atoms with Crippen molar-refractivity contribution in [2.75, 3.05) is 51.3 Å². The minimum atomic E-state index is 0.258. The third-order valence-corrected chi connectivity index (χ3v) is 7.46. The Kier molecular flexibility index (Phi) is 8.25. The van der Waals surface area contributed by atoms with Crippen LogP contribution in [0.2, 0.25) is 0 Å². The highest BCUT2D eigenvalue weighted by Crippen LogP contribution is 2.30. The fourth-order valence-electron chi connectivity index (χ4n) is 5.39. The average molecular weight is 505 g/mol. The SMILES string of the molecule is COc1ccccc1N1CCN(C(=O)C[C@H]2CCNC[C@@H]2Cc2cc(COc3ccccc3)on2)CC1. The van der Waals surface area contributed by atoms with Crippen LogP contribution in [-0.2, 0) is 17.8 Å². The molecule has 2 saturated heterocycles. The van der Waals surface area contributed by atoms with Crippen LogP contribution in [-0.4, -0.2) is 62.3 Å². The van der Waals surface area contributed by atoms with E-state index in [0.29, 0.717) is 30.6 Å². The lowest BCUT2D eigenvalue weighted by Crippen LogP contribution is -2.50. The van der Waals surface area contributed by atoms with Gasteiger partial charge in [0.1, 0.15) is 18.1 Å². The van der Waals surface area contributed by atoms with Crippen LogP contribution in [0, 0.1) is 11.8 Å². The summed E-state index contributed by atoms with van der Waals surface area (Å²) in [5.41, 5.74) is 2.01. The van der Waals surface area contributed by atoms with E-state index in [-0.39, 0.29) is 5.91 Å². The summed E-state index contributed by atoms with van der Waals surface area (Å²) < 4.78 is 16.8. The number of ether oxygens (including phenoxy) is 2. The fraction of sp³-hybridized carbons (Fsp3) is 0.448. The molecule has 196 valence electrons. The monoisotopic (exact) mass is 504 g/mol. The van der Waals surface area contributed by atoms with E-state index >= 15 is 0 Å². The lowest BCUT2D eigenvalue weighted by molar-refractivity contribution is -0.133. The second-order valence-corrected chi connectivity index (χ2v) is 9.85. The molecule has 8 heteroatoms. The number of amides is 1. The molecule has 2 aromatic carbocycles. The zero-order valence-corrected chi connectivity index (χ0v) is 21.5. The van der Waals surface area contributed by atoms with E-state index in [0.717, 1.165) is 75.0 Å². The first-order valence-electron chi connectivity index (χ1n) is 13.2. The molecule has 3 aromatic rings. The maximum atomic E-state index is 13.3. The van der Waals surface area contributed by atoms with E-state index < -0.39 is 0 Å². The van der Waals surface area contributed by atoms with Crippen LogP contribution >= 0.6 is 0 Å². The molecule has 5 rings (SSSR count). The van der Waals surface area contributed by atoms with Crippen molar-refractivity contribution < 1.29 is 18.8 Å². The van der Waals surface area contributed by atoms with Gasteiger partial charge in [-0.3, -0.25) is 4.79 Å². The van der Waals surface area contributed by atoms with E-state index in [1.165, 1.54) is 0 Å². The van der Waals surface area contributed by atoms with Gasteiger partial charge in [-0.2, -0.15) is 0 Å². The van der Waals surface area contributed by atoms with Crippen molar-refractivity contribution in [1.29, 1.82) is 0 Å². The predicted molar refractivity (Wildman–Crippen MR) is 142 cm³/mol. The lowest BCUT2D eigenvalue weighted by Gasteiger charge is -2.38. The number of benzene rings is 2.